The summed E-state index contributed by atoms with van der Waals surface area (Å²) in [7, 11) is 2.54. The topological polar surface area (TPSA) is 69.5 Å². The molecular weight excluding hydrogens is 413 g/mol. The first-order valence-electron chi connectivity index (χ1n) is 9.37. The van der Waals surface area contributed by atoms with Gasteiger partial charge in [0.2, 0.25) is 0 Å². The molecule has 0 aromatic heterocycles. The van der Waals surface area contributed by atoms with E-state index in [0.29, 0.717) is 17.5 Å². The summed E-state index contributed by atoms with van der Waals surface area (Å²) in [5.41, 5.74) is 1.76. The molecule has 6 nitrogen and oxygen atoms in total. The van der Waals surface area contributed by atoms with Gasteiger partial charge >= 0.3 is 12.1 Å². The van der Waals surface area contributed by atoms with Crippen molar-refractivity contribution in [2.45, 2.75) is 33.1 Å². The minimum atomic E-state index is -4.45. The molecule has 0 bridgehead atoms. The third kappa shape index (κ3) is 6.07. The van der Waals surface area contributed by atoms with Gasteiger partial charge in [-0.2, -0.15) is 13.2 Å². The number of aryl methyl sites for hydroxylation is 1. The second kappa shape index (κ2) is 10.6. The Morgan fingerprint density at radius 1 is 1.06 bits per heavy atom. The molecule has 0 amide bonds. The number of halogens is 3. The summed E-state index contributed by atoms with van der Waals surface area (Å²) in [6.45, 7) is 3.45. The van der Waals surface area contributed by atoms with Crippen LogP contribution in [0.25, 0.3) is 0 Å². The van der Waals surface area contributed by atoms with Crippen LogP contribution in [0.15, 0.2) is 52.8 Å². The maximum Gasteiger partial charge on any atom is 0.416 e. The first-order valence-corrected chi connectivity index (χ1v) is 9.37. The Balaban J connectivity index is 2.33. The highest BCUT2D eigenvalue weighted by molar-refractivity contribution is 6.43. The Hall–Kier alpha value is -3.36. The van der Waals surface area contributed by atoms with Gasteiger partial charge in [0.05, 0.1) is 18.4 Å². The van der Waals surface area contributed by atoms with E-state index in [4.69, 9.17) is 14.4 Å². The number of nitrogens with zero attached hydrogens (tertiary/aromatic N) is 2. The number of hydrogen-bond donors (Lipinski definition) is 0. The molecule has 0 aliphatic carbocycles. The average Bonchev–Trinajstić information content (AvgIpc) is 2.76. The van der Waals surface area contributed by atoms with Crippen molar-refractivity contribution < 1.29 is 32.4 Å². The van der Waals surface area contributed by atoms with Gasteiger partial charge in [0, 0.05) is 11.1 Å². The van der Waals surface area contributed by atoms with Crippen molar-refractivity contribution in [3.8, 4) is 0 Å². The van der Waals surface area contributed by atoms with Gasteiger partial charge in [-0.1, -0.05) is 47.6 Å². The summed E-state index contributed by atoms with van der Waals surface area (Å²) in [5, 5.41) is 7.73. The molecule has 2 aromatic rings. The second-order valence-corrected chi connectivity index (χ2v) is 6.44. The van der Waals surface area contributed by atoms with Gasteiger partial charge in [0.15, 0.2) is 5.71 Å². The van der Waals surface area contributed by atoms with Crippen molar-refractivity contribution in [3.05, 3.63) is 70.3 Å². The van der Waals surface area contributed by atoms with Crippen LogP contribution in [0, 0.1) is 0 Å². The van der Waals surface area contributed by atoms with E-state index >= 15 is 0 Å². The molecule has 0 atom stereocenters. The van der Waals surface area contributed by atoms with Gasteiger partial charge in [-0.25, -0.2) is 4.79 Å². The van der Waals surface area contributed by atoms with E-state index in [9.17, 15) is 18.0 Å². The highest BCUT2D eigenvalue weighted by Crippen LogP contribution is 2.29. The smallest absolute Gasteiger partial charge is 0.416 e. The molecule has 2 rings (SSSR count). The number of ether oxygens (including phenoxy) is 1. The monoisotopic (exact) mass is 436 g/mol. The minimum absolute atomic E-state index is 0.0301. The number of carbonyl (C=O) groups is 1. The van der Waals surface area contributed by atoms with Gasteiger partial charge < -0.3 is 14.4 Å². The molecule has 9 heteroatoms. The fourth-order valence-corrected chi connectivity index (χ4v) is 2.91. The maximum absolute atomic E-state index is 12.9. The Morgan fingerprint density at radius 2 is 1.77 bits per heavy atom. The van der Waals surface area contributed by atoms with Gasteiger partial charge in [0.25, 0.3) is 0 Å². The number of alkyl halides is 3. The summed E-state index contributed by atoms with van der Waals surface area (Å²) in [5.74, 6) is -0.681. The number of rotatable bonds is 8. The largest absolute Gasteiger partial charge is 0.464 e. The second-order valence-electron chi connectivity index (χ2n) is 6.44. The highest BCUT2D eigenvalue weighted by atomic mass is 19.4. The van der Waals surface area contributed by atoms with Crippen LogP contribution in [0.2, 0.25) is 0 Å². The quantitative estimate of drug-likeness (QED) is 0.341. The van der Waals surface area contributed by atoms with E-state index in [-0.39, 0.29) is 23.6 Å². The standard InChI is InChI=1S/C22H23F3N2O4/c1-5-15-8-7-11-18(20(27-30-4)21(28)29-3)19(15)13-31-26-14(2)16-9-6-10-17(12-16)22(23,24)25/h6-12H,5,13H2,1-4H3/b26-14+,27-20+. The lowest BCUT2D eigenvalue weighted by molar-refractivity contribution is -0.137. The van der Waals surface area contributed by atoms with Crippen molar-refractivity contribution in [1.29, 1.82) is 0 Å². The van der Waals surface area contributed by atoms with Crippen LogP contribution in [0.3, 0.4) is 0 Å². The molecule has 0 N–H and O–H groups in total. The fraction of sp³-hybridized carbons (Fsp3) is 0.318. The van der Waals surface area contributed by atoms with Crippen molar-refractivity contribution in [2.24, 2.45) is 10.3 Å². The molecule has 0 fully saturated rings. The highest BCUT2D eigenvalue weighted by Gasteiger charge is 2.30. The van der Waals surface area contributed by atoms with E-state index in [1.807, 2.05) is 13.0 Å². The number of carbonyl (C=O) groups excluding carboxylic acids is 1. The summed E-state index contributed by atoms with van der Waals surface area (Å²) in [6, 6.07) is 10.1. The van der Waals surface area contributed by atoms with Crippen LogP contribution in [0.5, 0.6) is 0 Å². The van der Waals surface area contributed by atoms with Crippen LogP contribution in [-0.2, 0) is 38.4 Å². The van der Waals surface area contributed by atoms with E-state index in [1.54, 1.807) is 19.1 Å². The van der Waals surface area contributed by atoms with Gasteiger partial charge in [-0.05, 0) is 36.6 Å². The third-order valence-electron chi connectivity index (χ3n) is 4.49. The molecule has 0 saturated carbocycles. The van der Waals surface area contributed by atoms with Gasteiger partial charge in [0.1, 0.15) is 13.7 Å². The van der Waals surface area contributed by atoms with Crippen LogP contribution in [0.1, 0.15) is 41.7 Å². The lowest BCUT2D eigenvalue weighted by atomic mass is 9.96. The number of methoxy groups -OCH3 is 1. The third-order valence-corrected chi connectivity index (χ3v) is 4.49. The van der Waals surface area contributed by atoms with Crippen LogP contribution < -0.4 is 0 Å². The SMILES string of the molecule is CCc1cccc(/C(=N\OC)C(=O)OC)c1CO/N=C(\C)c1cccc(C(F)(F)F)c1. The zero-order valence-corrected chi connectivity index (χ0v) is 17.6. The minimum Gasteiger partial charge on any atom is -0.464 e. The Morgan fingerprint density at radius 3 is 2.39 bits per heavy atom. The number of benzene rings is 2. The summed E-state index contributed by atoms with van der Waals surface area (Å²) in [6.07, 6.45) is -3.80. The molecule has 0 heterocycles. The normalized spacial score (nSPS) is 12.5. The molecule has 0 aliphatic heterocycles. The molecule has 0 spiro atoms. The van der Waals surface area contributed by atoms with E-state index in [0.717, 1.165) is 17.7 Å². The summed E-state index contributed by atoms with van der Waals surface area (Å²) >= 11 is 0. The Labute approximate surface area is 178 Å². The lowest BCUT2D eigenvalue weighted by Crippen LogP contribution is -2.20. The van der Waals surface area contributed by atoms with Crippen molar-refractivity contribution >= 4 is 17.4 Å². The summed E-state index contributed by atoms with van der Waals surface area (Å²) < 4.78 is 43.6. The molecule has 31 heavy (non-hydrogen) atoms. The number of hydrogen-bond acceptors (Lipinski definition) is 6. The zero-order chi connectivity index (χ0) is 23.0. The molecule has 0 saturated heterocycles. The molecule has 2 aromatic carbocycles. The molecule has 0 unspecified atom stereocenters. The summed E-state index contributed by atoms with van der Waals surface area (Å²) in [4.78, 5) is 22.4. The van der Waals surface area contributed by atoms with Crippen LogP contribution >= 0.6 is 0 Å². The zero-order valence-electron chi connectivity index (χ0n) is 17.6. The molecule has 0 aliphatic rings. The van der Waals surface area contributed by atoms with E-state index in [2.05, 4.69) is 10.3 Å². The fourth-order valence-electron chi connectivity index (χ4n) is 2.91. The molecule has 166 valence electrons. The predicted molar refractivity (Wildman–Crippen MR) is 110 cm³/mol. The van der Waals surface area contributed by atoms with Crippen LogP contribution in [0.4, 0.5) is 13.2 Å². The average molecular weight is 436 g/mol. The number of esters is 1. The van der Waals surface area contributed by atoms with Crippen molar-refractivity contribution in [3.63, 3.8) is 0 Å². The van der Waals surface area contributed by atoms with Gasteiger partial charge in [-0.3, -0.25) is 0 Å². The van der Waals surface area contributed by atoms with Crippen molar-refractivity contribution in [1.82, 2.24) is 0 Å². The Kier molecular flexibility index (Phi) is 8.18. The number of oxime groups is 2. The lowest BCUT2D eigenvalue weighted by Gasteiger charge is -2.14. The van der Waals surface area contributed by atoms with Gasteiger partial charge in [-0.15, -0.1) is 0 Å². The maximum atomic E-state index is 12.9. The van der Waals surface area contributed by atoms with E-state index < -0.39 is 17.7 Å². The molecular formula is C22H23F3N2O4. The predicted octanol–water partition coefficient (Wildman–Crippen LogP) is 4.73. The first kappa shape index (κ1) is 23.9. The first-order chi connectivity index (χ1) is 14.7. The van der Waals surface area contributed by atoms with Crippen molar-refractivity contribution in [2.75, 3.05) is 14.2 Å². The van der Waals surface area contributed by atoms with Crippen LogP contribution in [-0.4, -0.2) is 31.6 Å². The Bertz CT molecular complexity index is 985. The molecule has 0 radical (unpaired) electrons. The van der Waals surface area contributed by atoms with E-state index in [1.165, 1.54) is 26.4 Å².